The number of hydrogen-bond donors (Lipinski definition) is 0. The lowest BCUT2D eigenvalue weighted by molar-refractivity contribution is 0.0387. The highest BCUT2D eigenvalue weighted by Crippen LogP contribution is 2.28. The largest absolute Gasteiger partial charge is 0.460 e. The second kappa shape index (κ2) is 6.69. The van der Waals surface area contributed by atoms with Crippen LogP contribution in [0.2, 0.25) is 0 Å². The predicted molar refractivity (Wildman–Crippen MR) is 74.1 cm³/mol. The Morgan fingerprint density at radius 2 is 2.00 bits per heavy atom. The van der Waals surface area contributed by atoms with Crippen molar-refractivity contribution in [3.8, 4) is 0 Å². The molecular formula is C11H12BrClO5S. The zero-order valence-corrected chi connectivity index (χ0v) is 13.4. The minimum Gasteiger partial charge on any atom is -0.460 e. The molecule has 0 saturated heterocycles. The lowest BCUT2D eigenvalue weighted by Crippen LogP contribution is -2.11. The van der Waals surface area contributed by atoms with Crippen LogP contribution in [0, 0.1) is 6.92 Å². The van der Waals surface area contributed by atoms with Gasteiger partial charge in [0.15, 0.2) is 0 Å². The van der Waals surface area contributed by atoms with Gasteiger partial charge in [-0.3, -0.25) is 0 Å². The van der Waals surface area contributed by atoms with E-state index in [0.29, 0.717) is 10.0 Å². The maximum absolute atomic E-state index is 11.7. The van der Waals surface area contributed by atoms with E-state index in [0.717, 1.165) is 0 Å². The Kier molecular flexibility index (Phi) is 5.79. The molecule has 8 heteroatoms. The van der Waals surface area contributed by atoms with E-state index >= 15 is 0 Å². The summed E-state index contributed by atoms with van der Waals surface area (Å²) < 4.78 is 32.9. The van der Waals surface area contributed by atoms with Gasteiger partial charge in [-0.05, 0) is 24.6 Å². The first-order valence-corrected chi connectivity index (χ1v) is 8.28. The SMILES string of the molecule is COCCOC(=O)c1cc(Br)c(C)c(S(=O)(=O)Cl)c1. The van der Waals surface area contributed by atoms with Crippen molar-refractivity contribution in [3.05, 3.63) is 27.7 Å². The van der Waals surface area contributed by atoms with E-state index in [1.54, 1.807) is 6.92 Å². The van der Waals surface area contributed by atoms with Crippen molar-refractivity contribution in [3.63, 3.8) is 0 Å². The van der Waals surface area contributed by atoms with Crippen LogP contribution in [-0.2, 0) is 18.5 Å². The Labute approximate surface area is 124 Å². The smallest absolute Gasteiger partial charge is 0.338 e. The number of carbonyl (C=O) groups is 1. The zero-order chi connectivity index (χ0) is 14.6. The molecule has 0 unspecified atom stereocenters. The summed E-state index contributed by atoms with van der Waals surface area (Å²) in [7, 11) is 2.87. The van der Waals surface area contributed by atoms with Gasteiger partial charge >= 0.3 is 5.97 Å². The van der Waals surface area contributed by atoms with Crippen molar-refractivity contribution < 1.29 is 22.7 Å². The Morgan fingerprint density at radius 1 is 1.37 bits per heavy atom. The molecule has 0 radical (unpaired) electrons. The summed E-state index contributed by atoms with van der Waals surface area (Å²) >= 11 is 3.18. The van der Waals surface area contributed by atoms with Crippen LogP contribution in [0.3, 0.4) is 0 Å². The summed E-state index contributed by atoms with van der Waals surface area (Å²) in [6.07, 6.45) is 0. The van der Waals surface area contributed by atoms with Gasteiger partial charge in [-0.2, -0.15) is 0 Å². The highest BCUT2D eigenvalue weighted by atomic mass is 79.9. The summed E-state index contributed by atoms with van der Waals surface area (Å²) in [4.78, 5) is 11.6. The van der Waals surface area contributed by atoms with Gasteiger partial charge in [0, 0.05) is 22.3 Å². The van der Waals surface area contributed by atoms with Crippen LogP contribution >= 0.6 is 26.6 Å². The number of esters is 1. The monoisotopic (exact) mass is 370 g/mol. The second-order valence-electron chi connectivity index (χ2n) is 3.65. The first-order valence-electron chi connectivity index (χ1n) is 5.18. The van der Waals surface area contributed by atoms with Gasteiger partial charge in [0.2, 0.25) is 0 Å². The molecule has 1 aromatic rings. The Bertz CT molecular complexity index is 585. The van der Waals surface area contributed by atoms with Crippen molar-refractivity contribution in [2.24, 2.45) is 0 Å². The third-order valence-electron chi connectivity index (χ3n) is 2.32. The lowest BCUT2D eigenvalue weighted by Gasteiger charge is -2.09. The van der Waals surface area contributed by atoms with Gasteiger partial charge in [0.25, 0.3) is 9.05 Å². The molecule has 0 aromatic heterocycles. The number of ether oxygens (including phenoxy) is 2. The van der Waals surface area contributed by atoms with Crippen LogP contribution in [0.4, 0.5) is 0 Å². The molecule has 0 aliphatic carbocycles. The maximum Gasteiger partial charge on any atom is 0.338 e. The summed E-state index contributed by atoms with van der Waals surface area (Å²) in [6.45, 7) is 1.93. The van der Waals surface area contributed by atoms with Crippen molar-refractivity contribution in [1.29, 1.82) is 0 Å². The number of methoxy groups -OCH3 is 1. The molecule has 0 bridgehead atoms. The normalized spacial score (nSPS) is 11.4. The van der Waals surface area contributed by atoms with E-state index in [2.05, 4.69) is 15.9 Å². The molecule has 0 N–H and O–H groups in total. The van der Waals surface area contributed by atoms with Gasteiger partial charge in [0.1, 0.15) is 6.61 Å². The minimum absolute atomic E-state index is 0.0871. The lowest BCUT2D eigenvalue weighted by atomic mass is 10.1. The van der Waals surface area contributed by atoms with E-state index in [1.807, 2.05) is 0 Å². The molecule has 19 heavy (non-hydrogen) atoms. The molecule has 0 spiro atoms. The highest BCUT2D eigenvalue weighted by Gasteiger charge is 2.19. The van der Waals surface area contributed by atoms with Crippen LogP contribution in [0.15, 0.2) is 21.5 Å². The predicted octanol–water partition coefficient (Wildman–Crippen LogP) is 2.49. The quantitative estimate of drug-likeness (QED) is 0.452. The summed E-state index contributed by atoms with van der Waals surface area (Å²) in [6, 6.07) is 2.67. The molecule has 0 aliphatic heterocycles. The molecule has 1 aromatic carbocycles. The Hall–Kier alpha value is -0.630. The van der Waals surface area contributed by atoms with E-state index in [1.165, 1.54) is 19.2 Å². The fraction of sp³-hybridized carbons (Fsp3) is 0.364. The highest BCUT2D eigenvalue weighted by molar-refractivity contribution is 9.10. The number of halogens is 2. The molecule has 0 aliphatic rings. The van der Waals surface area contributed by atoms with Gasteiger partial charge in [0.05, 0.1) is 17.1 Å². The second-order valence-corrected chi connectivity index (χ2v) is 7.04. The van der Waals surface area contributed by atoms with Gasteiger partial charge in [-0.15, -0.1) is 0 Å². The Morgan fingerprint density at radius 3 is 2.53 bits per heavy atom. The first kappa shape index (κ1) is 16.4. The molecule has 0 saturated carbocycles. The molecule has 0 amide bonds. The molecule has 106 valence electrons. The maximum atomic E-state index is 11.7. The van der Waals surface area contributed by atoms with E-state index in [9.17, 15) is 13.2 Å². The number of benzene rings is 1. The van der Waals surface area contributed by atoms with Crippen molar-refractivity contribution in [1.82, 2.24) is 0 Å². The van der Waals surface area contributed by atoms with Crippen LogP contribution in [-0.4, -0.2) is 34.7 Å². The average molecular weight is 372 g/mol. The van der Waals surface area contributed by atoms with Crippen LogP contribution in [0.5, 0.6) is 0 Å². The summed E-state index contributed by atoms with van der Waals surface area (Å²) in [5, 5.41) is 0. The average Bonchev–Trinajstić information content (AvgIpc) is 2.31. The third-order valence-corrected chi connectivity index (χ3v) is 4.59. The molecule has 0 fully saturated rings. The number of hydrogen-bond acceptors (Lipinski definition) is 5. The number of rotatable bonds is 5. The third kappa shape index (κ3) is 4.45. The fourth-order valence-electron chi connectivity index (χ4n) is 1.33. The van der Waals surface area contributed by atoms with Gasteiger partial charge < -0.3 is 9.47 Å². The molecule has 5 nitrogen and oxygen atoms in total. The van der Waals surface area contributed by atoms with Gasteiger partial charge in [-0.1, -0.05) is 15.9 Å². The van der Waals surface area contributed by atoms with E-state index in [-0.39, 0.29) is 23.7 Å². The Balaban J connectivity index is 3.11. The molecule has 0 heterocycles. The topological polar surface area (TPSA) is 69.7 Å². The molecule has 0 atom stereocenters. The van der Waals surface area contributed by atoms with Gasteiger partial charge in [-0.25, -0.2) is 13.2 Å². The standard InChI is InChI=1S/C11H12BrClO5S/c1-7-9(12)5-8(6-10(7)19(13,15)16)11(14)18-4-3-17-2/h5-6H,3-4H2,1-2H3. The van der Waals surface area contributed by atoms with E-state index < -0.39 is 15.0 Å². The summed E-state index contributed by atoms with van der Waals surface area (Å²) in [5.74, 6) is -0.640. The first-order chi connectivity index (χ1) is 8.77. The summed E-state index contributed by atoms with van der Waals surface area (Å²) in [5.41, 5.74) is 0.538. The van der Waals surface area contributed by atoms with Crippen molar-refractivity contribution in [2.45, 2.75) is 11.8 Å². The van der Waals surface area contributed by atoms with Crippen LogP contribution in [0.1, 0.15) is 15.9 Å². The van der Waals surface area contributed by atoms with Crippen LogP contribution < -0.4 is 0 Å². The fourth-order valence-corrected chi connectivity index (χ4v) is 3.14. The van der Waals surface area contributed by atoms with Crippen molar-refractivity contribution in [2.75, 3.05) is 20.3 Å². The number of carbonyl (C=O) groups excluding carboxylic acids is 1. The minimum atomic E-state index is -3.93. The molecule has 1 rings (SSSR count). The van der Waals surface area contributed by atoms with Crippen molar-refractivity contribution >= 4 is 41.6 Å². The molecular weight excluding hydrogens is 360 g/mol. The zero-order valence-electron chi connectivity index (χ0n) is 10.3. The van der Waals surface area contributed by atoms with Crippen LogP contribution in [0.25, 0.3) is 0 Å². The van der Waals surface area contributed by atoms with E-state index in [4.69, 9.17) is 20.2 Å².